The van der Waals surface area contributed by atoms with Gasteiger partial charge in [0.05, 0.1) is 5.02 Å². The van der Waals surface area contributed by atoms with Crippen LogP contribution in [0.3, 0.4) is 0 Å². The molecular weight excluding hydrogens is 261 g/mol. The van der Waals surface area contributed by atoms with Crippen LogP contribution in [0.15, 0.2) is 18.2 Å². The fraction of sp³-hybridized carbons (Fsp3) is 0.625. The maximum absolute atomic E-state index is 13.1. The summed E-state index contributed by atoms with van der Waals surface area (Å²) in [6.07, 6.45) is 7.28. The third kappa shape index (κ3) is 4.77. The van der Waals surface area contributed by atoms with E-state index in [4.69, 9.17) is 11.6 Å². The first-order chi connectivity index (χ1) is 9.20. The second-order valence-corrected chi connectivity index (χ2v) is 5.95. The van der Waals surface area contributed by atoms with Gasteiger partial charge >= 0.3 is 0 Å². The molecule has 1 unspecified atom stereocenters. The summed E-state index contributed by atoms with van der Waals surface area (Å²) in [5.74, 6) is 0.564. The fourth-order valence-electron chi connectivity index (χ4n) is 2.55. The highest BCUT2D eigenvalue weighted by Gasteiger charge is 2.29. The van der Waals surface area contributed by atoms with Gasteiger partial charge in [-0.3, -0.25) is 0 Å². The van der Waals surface area contributed by atoms with Crippen LogP contribution in [0, 0.1) is 11.7 Å². The van der Waals surface area contributed by atoms with Gasteiger partial charge in [0, 0.05) is 6.04 Å². The van der Waals surface area contributed by atoms with E-state index in [-0.39, 0.29) is 10.8 Å². The first-order valence-corrected chi connectivity index (χ1v) is 7.75. The van der Waals surface area contributed by atoms with Crippen molar-refractivity contribution in [3.63, 3.8) is 0 Å². The molecule has 1 atom stereocenters. The third-order valence-electron chi connectivity index (χ3n) is 3.81. The molecular formula is C16H23ClFN. The Morgan fingerprint density at radius 1 is 1.42 bits per heavy atom. The van der Waals surface area contributed by atoms with E-state index in [0.29, 0.717) is 6.04 Å². The molecule has 106 valence electrons. The lowest BCUT2D eigenvalue weighted by Crippen LogP contribution is -2.31. The Balaban J connectivity index is 1.76. The normalized spacial score (nSPS) is 16.6. The first kappa shape index (κ1) is 14.8. The molecule has 0 radical (unpaired) electrons. The molecule has 0 amide bonds. The molecule has 1 nitrogen and oxygen atoms in total. The first-order valence-electron chi connectivity index (χ1n) is 7.38. The van der Waals surface area contributed by atoms with Crippen LogP contribution in [0.1, 0.15) is 44.6 Å². The molecule has 1 aliphatic rings. The average Bonchev–Trinajstić information content (AvgIpc) is 3.22. The smallest absolute Gasteiger partial charge is 0.141 e. The van der Waals surface area contributed by atoms with Crippen LogP contribution in [-0.2, 0) is 6.42 Å². The highest BCUT2D eigenvalue weighted by atomic mass is 35.5. The molecule has 0 aliphatic heterocycles. The molecule has 1 saturated carbocycles. The second kappa shape index (κ2) is 7.25. The second-order valence-electron chi connectivity index (χ2n) is 5.54. The van der Waals surface area contributed by atoms with Crippen molar-refractivity contribution in [2.75, 3.05) is 6.54 Å². The lowest BCUT2D eigenvalue weighted by Gasteiger charge is -2.17. The summed E-state index contributed by atoms with van der Waals surface area (Å²) in [5.41, 5.74) is 1.14. The van der Waals surface area contributed by atoms with Crippen LogP contribution in [0.2, 0.25) is 5.02 Å². The zero-order valence-corrected chi connectivity index (χ0v) is 12.3. The van der Waals surface area contributed by atoms with Gasteiger partial charge in [-0.25, -0.2) is 4.39 Å². The number of nitrogens with one attached hydrogen (secondary N) is 1. The molecule has 19 heavy (non-hydrogen) atoms. The van der Waals surface area contributed by atoms with Crippen molar-refractivity contribution in [3.05, 3.63) is 34.6 Å². The molecule has 1 aliphatic carbocycles. The Morgan fingerprint density at radius 3 is 2.84 bits per heavy atom. The topological polar surface area (TPSA) is 12.0 Å². The van der Waals surface area contributed by atoms with Gasteiger partial charge in [-0.15, -0.1) is 0 Å². The number of aryl methyl sites for hydroxylation is 1. The van der Waals surface area contributed by atoms with Crippen molar-refractivity contribution in [1.29, 1.82) is 0 Å². The van der Waals surface area contributed by atoms with E-state index in [0.717, 1.165) is 30.9 Å². The minimum absolute atomic E-state index is 0.236. The van der Waals surface area contributed by atoms with Gasteiger partial charge in [0.15, 0.2) is 0 Å². The number of hydrogen-bond acceptors (Lipinski definition) is 1. The summed E-state index contributed by atoms with van der Waals surface area (Å²) in [6.45, 7) is 3.32. The molecule has 1 aromatic rings. The van der Waals surface area contributed by atoms with E-state index in [9.17, 15) is 4.39 Å². The highest BCUT2D eigenvalue weighted by molar-refractivity contribution is 6.30. The van der Waals surface area contributed by atoms with Gasteiger partial charge in [-0.2, -0.15) is 0 Å². The zero-order chi connectivity index (χ0) is 13.7. The maximum Gasteiger partial charge on any atom is 0.141 e. The van der Waals surface area contributed by atoms with E-state index in [1.807, 2.05) is 6.07 Å². The Hall–Kier alpha value is -0.600. The van der Waals surface area contributed by atoms with Crippen molar-refractivity contribution in [2.45, 2.75) is 51.5 Å². The van der Waals surface area contributed by atoms with Crippen LogP contribution in [-0.4, -0.2) is 12.6 Å². The summed E-state index contributed by atoms with van der Waals surface area (Å²) >= 11 is 5.80. The molecule has 1 N–H and O–H groups in total. The minimum atomic E-state index is -0.328. The largest absolute Gasteiger partial charge is 0.314 e. The third-order valence-corrected chi connectivity index (χ3v) is 4.10. The number of benzene rings is 1. The van der Waals surface area contributed by atoms with Gasteiger partial charge < -0.3 is 5.32 Å². The molecule has 0 aromatic heterocycles. The Kier molecular flexibility index (Phi) is 5.65. The molecule has 0 saturated heterocycles. The zero-order valence-electron chi connectivity index (χ0n) is 11.6. The van der Waals surface area contributed by atoms with Gasteiger partial charge in [0.25, 0.3) is 0 Å². The lowest BCUT2D eigenvalue weighted by molar-refractivity contribution is 0.425. The highest BCUT2D eigenvalue weighted by Crippen LogP contribution is 2.34. The summed E-state index contributed by atoms with van der Waals surface area (Å²) in [7, 11) is 0. The molecule has 0 bridgehead atoms. The van der Waals surface area contributed by atoms with Crippen LogP contribution in [0.4, 0.5) is 4.39 Å². The van der Waals surface area contributed by atoms with Crippen molar-refractivity contribution < 1.29 is 4.39 Å². The van der Waals surface area contributed by atoms with Crippen molar-refractivity contribution >= 4 is 11.6 Å². The van der Waals surface area contributed by atoms with Gasteiger partial charge in [0.1, 0.15) is 5.82 Å². The van der Waals surface area contributed by atoms with E-state index < -0.39 is 0 Å². The average molecular weight is 284 g/mol. The van der Waals surface area contributed by atoms with E-state index >= 15 is 0 Å². The summed E-state index contributed by atoms with van der Waals surface area (Å²) in [5, 5.41) is 3.89. The number of rotatable bonds is 8. The molecule has 3 heteroatoms. The predicted molar refractivity (Wildman–Crippen MR) is 79.2 cm³/mol. The lowest BCUT2D eigenvalue weighted by atomic mass is 10.0. The van der Waals surface area contributed by atoms with E-state index in [1.54, 1.807) is 6.07 Å². The van der Waals surface area contributed by atoms with Crippen LogP contribution in [0.5, 0.6) is 0 Å². The fourth-order valence-corrected chi connectivity index (χ4v) is 2.76. The standard InChI is InChI=1S/C16H23ClFN/c1-2-10-19-16(13-7-8-13)5-3-4-12-6-9-15(18)14(17)11-12/h6,9,11,13,16,19H,2-5,7-8,10H2,1H3. The molecule has 1 fully saturated rings. The Bertz CT molecular complexity index is 404. The Labute approximate surface area is 120 Å². The molecule has 0 heterocycles. The van der Waals surface area contributed by atoms with E-state index in [1.165, 1.54) is 31.7 Å². The van der Waals surface area contributed by atoms with Crippen LogP contribution < -0.4 is 5.32 Å². The number of hydrogen-bond donors (Lipinski definition) is 1. The van der Waals surface area contributed by atoms with Crippen molar-refractivity contribution in [1.82, 2.24) is 5.32 Å². The summed E-state index contributed by atoms with van der Waals surface area (Å²) in [4.78, 5) is 0. The van der Waals surface area contributed by atoms with Gasteiger partial charge in [0.2, 0.25) is 0 Å². The van der Waals surface area contributed by atoms with Crippen molar-refractivity contribution in [3.8, 4) is 0 Å². The van der Waals surface area contributed by atoms with E-state index in [2.05, 4.69) is 12.2 Å². The van der Waals surface area contributed by atoms with Gasteiger partial charge in [-0.1, -0.05) is 24.6 Å². The van der Waals surface area contributed by atoms with Gasteiger partial charge in [-0.05, 0) is 68.7 Å². The SMILES string of the molecule is CCCNC(CCCc1ccc(F)c(Cl)c1)C1CC1. The van der Waals surface area contributed by atoms with Crippen LogP contribution >= 0.6 is 11.6 Å². The van der Waals surface area contributed by atoms with Crippen LogP contribution in [0.25, 0.3) is 0 Å². The minimum Gasteiger partial charge on any atom is -0.314 e. The van der Waals surface area contributed by atoms with Crippen molar-refractivity contribution in [2.24, 2.45) is 5.92 Å². The monoisotopic (exact) mass is 283 g/mol. The Morgan fingerprint density at radius 2 is 2.21 bits per heavy atom. The summed E-state index contributed by atoms with van der Waals surface area (Å²) in [6, 6.07) is 5.73. The number of halogens is 2. The predicted octanol–water partition coefficient (Wildman–Crippen LogP) is 4.58. The quantitative estimate of drug-likeness (QED) is 0.736. The maximum atomic E-state index is 13.1. The molecule has 1 aromatic carbocycles. The molecule has 0 spiro atoms. The summed E-state index contributed by atoms with van der Waals surface area (Å²) < 4.78 is 13.1. The molecule has 2 rings (SSSR count).